The van der Waals surface area contributed by atoms with Gasteiger partial charge in [-0.3, -0.25) is 0 Å². The first-order chi connectivity index (χ1) is 7.63. The molecule has 0 atom stereocenters. The number of fused-ring (bicyclic) bond motifs is 1. The molecule has 0 amide bonds. The van der Waals surface area contributed by atoms with E-state index in [0.717, 1.165) is 0 Å². The maximum atomic E-state index is 13.5. The van der Waals surface area contributed by atoms with Gasteiger partial charge in [0.15, 0.2) is 0 Å². The van der Waals surface area contributed by atoms with Crippen LogP contribution in [0.4, 0.5) is 10.1 Å². The summed E-state index contributed by atoms with van der Waals surface area (Å²) in [6.07, 6.45) is 0. The van der Waals surface area contributed by atoms with Crippen molar-refractivity contribution < 1.29 is 9.13 Å². The molecule has 1 aromatic carbocycles. The van der Waals surface area contributed by atoms with E-state index in [0.29, 0.717) is 28.5 Å². The molecule has 84 valence electrons. The van der Waals surface area contributed by atoms with E-state index in [4.69, 9.17) is 22.1 Å². The summed E-state index contributed by atoms with van der Waals surface area (Å²) >= 11 is 5.95. The van der Waals surface area contributed by atoms with Crippen LogP contribution in [0.2, 0.25) is 5.02 Å². The number of nitrogen functional groups attached to an aromatic ring is 1. The van der Waals surface area contributed by atoms with Crippen molar-refractivity contribution >= 4 is 28.2 Å². The van der Waals surface area contributed by atoms with E-state index < -0.39 is 5.82 Å². The molecule has 16 heavy (non-hydrogen) atoms. The molecular formula is C11H10ClFN2O. The normalized spacial score (nSPS) is 10.9. The van der Waals surface area contributed by atoms with Crippen molar-refractivity contribution in [3.05, 3.63) is 34.7 Å². The summed E-state index contributed by atoms with van der Waals surface area (Å²) in [5, 5.41) is 0.633. The fourth-order valence-electron chi connectivity index (χ4n) is 1.57. The van der Waals surface area contributed by atoms with Gasteiger partial charge in [-0.05, 0) is 18.2 Å². The van der Waals surface area contributed by atoms with Crippen molar-refractivity contribution in [3.8, 4) is 0 Å². The highest BCUT2D eigenvalue weighted by molar-refractivity contribution is 6.35. The van der Waals surface area contributed by atoms with Crippen molar-refractivity contribution in [3.63, 3.8) is 0 Å². The fraction of sp³-hybridized carbons (Fsp3) is 0.182. The average molecular weight is 241 g/mol. The number of nitrogens with zero attached hydrogens (tertiary/aromatic N) is 1. The van der Waals surface area contributed by atoms with Crippen LogP contribution in [0, 0.1) is 5.82 Å². The van der Waals surface area contributed by atoms with Crippen LogP contribution in [0.25, 0.3) is 10.9 Å². The number of anilines is 1. The van der Waals surface area contributed by atoms with Gasteiger partial charge in [-0.15, -0.1) is 0 Å². The zero-order chi connectivity index (χ0) is 11.7. The van der Waals surface area contributed by atoms with Gasteiger partial charge in [0.05, 0.1) is 28.2 Å². The number of pyridine rings is 1. The van der Waals surface area contributed by atoms with Crippen molar-refractivity contribution in [2.45, 2.75) is 6.61 Å². The highest BCUT2D eigenvalue weighted by atomic mass is 35.5. The minimum Gasteiger partial charge on any atom is -0.398 e. The van der Waals surface area contributed by atoms with E-state index >= 15 is 0 Å². The molecule has 1 heterocycles. The Morgan fingerprint density at radius 2 is 2.25 bits per heavy atom. The predicted molar refractivity (Wildman–Crippen MR) is 61.8 cm³/mol. The Balaban J connectivity index is 2.76. The number of methoxy groups -OCH3 is 1. The molecule has 0 radical (unpaired) electrons. The summed E-state index contributed by atoms with van der Waals surface area (Å²) < 4.78 is 18.5. The van der Waals surface area contributed by atoms with Gasteiger partial charge in [-0.2, -0.15) is 0 Å². The van der Waals surface area contributed by atoms with Gasteiger partial charge in [0.1, 0.15) is 5.82 Å². The van der Waals surface area contributed by atoms with Crippen LogP contribution in [0.5, 0.6) is 0 Å². The molecular weight excluding hydrogens is 231 g/mol. The Morgan fingerprint density at radius 1 is 1.50 bits per heavy atom. The molecule has 0 bridgehead atoms. The number of benzene rings is 1. The third-order valence-corrected chi connectivity index (χ3v) is 2.54. The number of aromatic nitrogens is 1. The molecule has 0 saturated carbocycles. The van der Waals surface area contributed by atoms with E-state index in [9.17, 15) is 4.39 Å². The van der Waals surface area contributed by atoms with Crippen molar-refractivity contribution in [2.24, 2.45) is 0 Å². The molecule has 0 unspecified atom stereocenters. The van der Waals surface area contributed by atoms with Gasteiger partial charge < -0.3 is 10.5 Å². The Kier molecular flexibility index (Phi) is 2.94. The lowest BCUT2D eigenvalue weighted by molar-refractivity contribution is 0.182. The van der Waals surface area contributed by atoms with E-state index in [1.807, 2.05) is 0 Å². The minimum atomic E-state index is -0.423. The molecule has 0 aliphatic rings. The van der Waals surface area contributed by atoms with E-state index in [1.165, 1.54) is 12.1 Å². The second-order valence-corrected chi connectivity index (χ2v) is 3.80. The molecule has 5 heteroatoms. The highest BCUT2D eigenvalue weighted by Gasteiger charge is 2.11. The summed E-state index contributed by atoms with van der Waals surface area (Å²) in [6.45, 7) is 0.312. The first-order valence-corrected chi connectivity index (χ1v) is 5.03. The van der Waals surface area contributed by atoms with E-state index in [1.54, 1.807) is 13.2 Å². The monoisotopic (exact) mass is 240 g/mol. The molecule has 0 fully saturated rings. The second-order valence-electron chi connectivity index (χ2n) is 3.39. The number of halogens is 2. The molecule has 2 rings (SSSR count). The summed E-state index contributed by atoms with van der Waals surface area (Å²) in [5.74, 6) is -0.423. The number of ether oxygens (including phenoxy) is 1. The Bertz CT molecular complexity index is 545. The van der Waals surface area contributed by atoms with Crippen molar-refractivity contribution in [1.29, 1.82) is 0 Å². The van der Waals surface area contributed by atoms with Crippen LogP contribution >= 0.6 is 11.6 Å². The van der Waals surface area contributed by atoms with Gasteiger partial charge in [-0.1, -0.05) is 11.6 Å². The van der Waals surface area contributed by atoms with Gasteiger partial charge in [-0.25, -0.2) is 9.37 Å². The zero-order valence-corrected chi connectivity index (χ0v) is 9.38. The molecule has 2 aromatic rings. The first-order valence-electron chi connectivity index (χ1n) is 4.65. The predicted octanol–water partition coefficient (Wildman–Crippen LogP) is 2.76. The standard InChI is InChI=1S/C11H10ClFN2O/c1-16-5-6-4-9(14)10-8(13)3-2-7(12)11(10)15-6/h2-4H,5H2,1H3,(H2,14,15). The second kappa shape index (κ2) is 4.23. The highest BCUT2D eigenvalue weighted by Crippen LogP contribution is 2.29. The van der Waals surface area contributed by atoms with Crippen LogP contribution < -0.4 is 5.73 Å². The van der Waals surface area contributed by atoms with Gasteiger partial charge >= 0.3 is 0 Å². The Morgan fingerprint density at radius 3 is 2.94 bits per heavy atom. The Labute approximate surface area is 97.0 Å². The molecule has 0 spiro atoms. The smallest absolute Gasteiger partial charge is 0.134 e. The Hall–Kier alpha value is -1.39. The van der Waals surface area contributed by atoms with Crippen LogP contribution in [-0.2, 0) is 11.3 Å². The van der Waals surface area contributed by atoms with Gasteiger partial charge in [0, 0.05) is 12.8 Å². The molecule has 2 N–H and O–H groups in total. The molecule has 1 aromatic heterocycles. The first kappa shape index (κ1) is 11.1. The third-order valence-electron chi connectivity index (χ3n) is 2.24. The lowest BCUT2D eigenvalue weighted by atomic mass is 10.1. The van der Waals surface area contributed by atoms with Crippen molar-refractivity contribution in [2.75, 3.05) is 12.8 Å². The van der Waals surface area contributed by atoms with Crippen LogP contribution in [0.15, 0.2) is 18.2 Å². The topological polar surface area (TPSA) is 48.1 Å². The van der Waals surface area contributed by atoms with Crippen LogP contribution in [0.1, 0.15) is 5.69 Å². The lowest BCUT2D eigenvalue weighted by Crippen LogP contribution is -1.99. The number of hydrogen-bond donors (Lipinski definition) is 1. The number of hydrogen-bond acceptors (Lipinski definition) is 3. The zero-order valence-electron chi connectivity index (χ0n) is 8.63. The van der Waals surface area contributed by atoms with Crippen LogP contribution in [-0.4, -0.2) is 12.1 Å². The quantitative estimate of drug-likeness (QED) is 0.878. The fourth-order valence-corrected chi connectivity index (χ4v) is 1.77. The van der Waals surface area contributed by atoms with E-state index in [2.05, 4.69) is 4.98 Å². The maximum Gasteiger partial charge on any atom is 0.134 e. The van der Waals surface area contributed by atoms with Crippen molar-refractivity contribution in [1.82, 2.24) is 4.98 Å². The molecule has 3 nitrogen and oxygen atoms in total. The third kappa shape index (κ3) is 1.81. The average Bonchev–Trinajstić information content (AvgIpc) is 2.23. The van der Waals surface area contributed by atoms with Gasteiger partial charge in [0.2, 0.25) is 0 Å². The number of rotatable bonds is 2. The summed E-state index contributed by atoms with van der Waals surface area (Å²) in [4.78, 5) is 4.21. The summed E-state index contributed by atoms with van der Waals surface area (Å²) in [6, 6.07) is 4.33. The maximum absolute atomic E-state index is 13.5. The molecule has 0 aliphatic heterocycles. The summed E-state index contributed by atoms with van der Waals surface area (Å²) in [7, 11) is 1.55. The van der Waals surface area contributed by atoms with E-state index in [-0.39, 0.29) is 5.39 Å². The number of nitrogens with two attached hydrogens (primary N) is 1. The van der Waals surface area contributed by atoms with Crippen LogP contribution in [0.3, 0.4) is 0 Å². The SMILES string of the molecule is COCc1cc(N)c2c(F)ccc(Cl)c2n1. The molecule has 0 aliphatic carbocycles. The lowest BCUT2D eigenvalue weighted by Gasteiger charge is -2.07. The minimum absolute atomic E-state index is 0.257. The van der Waals surface area contributed by atoms with Gasteiger partial charge in [0.25, 0.3) is 0 Å². The molecule has 0 saturated heterocycles. The summed E-state index contributed by atoms with van der Waals surface area (Å²) in [5.41, 5.74) is 7.07. The largest absolute Gasteiger partial charge is 0.398 e.